The Morgan fingerprint density at radius 1 is 1.13 bits per heavy atom. The van der Waals surface area contributed by atoms with Gasteiger partial charge in [0.1, 0.15) is 6.54 Å². The maximum atomic E-state index is 12.7. The summed E-state index contributed by atoms with van der Waals surface area (Å²) in [4.78, 5) is 38.9. The number of halogens is 1. The van der Waals surface area contributed by atoms with Crippen LogP contribution in [0.1, 0.15) is 12.0 Å². The number of likely N-dealkylation sites (tertiary alicyclic amines) is 1. The molecule has 1 N–H and O–H groups in total. The molecule has 2 fully saturated rings. The van der Waals surface area contributed by atoms with Crippen LogP contribution in [-0.4, -0.2) is 39.4 Å². The van der Waals surface area contributed by atoms with Crippen LogP contribution in [-0.2, 0) is 20.1 Å². The molecule has 1 aromatic carbocycles. The van der Waals surface area contributed by atoms with Crippen LogP contribution >= 0.6 is 34.7 Å². The molecule has 10 heteroatoms. The molecular formula is C20H17ClN4O3S2. The summed E-state index contributed by atoms with van der Waals surface area (Å²) in [6.07, 6.45) is 4.93. The molecule has 7 nitrogen and oxygen atoms in total. The van der Waals surface area contributed by atoms with Crippen LogP contribution in [0.3, 0.4) is 0 Å². The van der Waals surface area contributed by atoms with Crippen molar-refractivity contribution in [2.75, 3.05) is 11.9 Å². The van der Waals surface area contributed by atoms with Crippen molar-refractivity contribution in [3.8, 4) is 0 Å². The van der Waals surface area contributed by atoms with Gasteiger partial charge >= 0.3 is 0 Å². The molecule has 30 heavy (non-hydrogen) atoms. The van der Waals surface area contributed by atoms with E-state index < -0.39 is 5.91 Å². The summed E-state index contributed by atoms with van der Waals surface area (Å²) in [5.41, 5.74) is 1.10. The van der Waals surface area contributed by atoms with Crippen molar-refractivity contribution in [1.29, 1.82) is 0 Å². The lowest BCUT2D eigenvalue weighted by molar-refractivity contribution is -0.143. The zero-order valence-electron chi connectivity index (χ0n) is 15.7. The number of fused-ring (bicyclic) bond motifs is 5. The molecule has 154 valence electrons. The molecule has 2 bridgehead atoms. The Bertz CT molecular complexity index is 1020. The minimum absolute atomic E-state index is 0.132. The number of carbonyl (C=O) groups is 3. The normalized spacial score (nSPS) is 26.5. The number of benzene rings is 1. The van der Waals surface area contributed by atoms with Gasteiger partial charge in [0.15, 0.2) is 4.34 Å². The predicted octanol–water partition coefficient (Wildman–Crippen LogP) is 3.23. The third-order valence-electron chi connectivity index (χ3n) is 5.79. The lowest BCUT2D eigenvalue weighted by atomic mass is 9.85. The van der Waals surface area contributed by atoms with E-state index in [1.807, 2.05) is 36.4 Å². The number of hydrogen-bond acceptors (Lipinski definition) is 7. The average molecular weight is 461 g/mol. The van der Waals surface area contributed by atoms with Crippen LogP contribution in [0.25, 0.3) is 0 Å². The van der Waals surface area contributed by atoms with Gasteiger partial charge in [-0.3, -0.25) is 24.6 Å². The minimum atomic E-state index is -0.442. The molecule has 4 atom stereocenters. The Balaban J connectivity index is 1.16. The fourth-order valence-electron chi connectivity index (χ4n) is 4.47. The second kappa shape index (κ2) is 7.79. The molecule has 2 aliphatic carbocycles. The Kier molecular flexibility index (Phi) is 5.12. The first-order chi connectivity index (χ1) is 14.5. The third kappa shape index (κ3) is 3.55. The van der Waals surface area contributed by atoms with E-state index in [-0.39, 0.29) is 42.0 Å². The van der Waals surface area contributed by atoms with Gasteiger partial charge in [-0.1, -0.05) is 59.0 Å². The Hall–Kier alpha value is -2.23. The first-order valence-electron chi connectivity index (χ1n) is 9.54. The van der Waals surface area contributed by atoms with E-state index in [0.717, 1.165) is 16.9 Å². The summed E-state index contributed by atoms with van der Waals surface area (Å²) in [6, 6.07) is 7.56. The van der Waals surface area contributed by atoms with Crippen LogP contribution in [0.5, 0.6) is 0 Å². The van der Waals surface area contributed by atoms with Crippen molar-refractivity contribution in [2.24, 2.45) is 23.7 Å². The highest BCUT2D eigenvalue weighted by Gasteiger charge is 2.59. The van der Waals surface area contributed by atoms with Crippen LogP contribution < -0.4 is 5.32 Å². The van der Waals surface area contributed by atoms with Gasteiger partial charge in [-0.15, -0.1) is 10.2 Å². The molecule has 3 aliphatic rings. The van der Waals surface area contributed by atoms with Gasteiger partial charge < -0.3 is 0 Å². The zero-order valence-corrected chi connectivity index (χ0v) is 18.0. The highest BCUT2D eigenvalue weighted by atomic mass is 35.5. The van der Waals surface area contributed by atoms with E-state index in [4.69, 9.17) is 11.6 Å². The van der Waals surface area contributed by atoms with Crippen molar-refractivity contribution in [3.63, 3.8) is 0 Å². The summed E-state index contributed by atoms with van der Waals surface area (Å²) < 4.78 is 0.714. The van der Waals surface area contributed by atoms with Gasteiger partial charge in [0.05, 0.1) is 11.8 Å². The second-order valence-electron chi connectivity index (χ2n) is 7.60. The maximum Gasteiger partial charge on any atom is 0.246 e. The predicted molar refractivity (Wildman–Crippen MR) is 114 cm³/mol. The van der Waals surface area contributed by atoms with Crippen LogP contribution in [0.2, 0.25) is 5.02 Å². The topological polar surface area (TPSA) is 92.3 Å². The first-order valence-corrected chi connectivity index (χ1v) is 11.7. The Labute approximate surface area is 185 Å². The molecule has 3 amide bonds. The molecule has 0 radical (unpaired) electrons. The minimum Gasteiger partial charge on any atom is -0.299 e. The molecule has 4 unspecified atom stereocenters. The van der Waals surface area contributed by atoms with Gasteiger partial charge in [0, 0.05) is 10.8 Å². The van der Waals surface area contributed by atoms with E-state index in [1.54, 1.807) is 0 Å². The summed E-state index contributed by atoms with van der Waals surface area (Å²) >= 11 is 8.65. The quantitative estimate of drug-likeness (QED) is 0.308. The molecule has 1 aliphatic heterocycles. The van der Waals surface area contributed by atoms with Crippen molar-refractivity contribution in [2.45, 2.75) is 16.5 Å². The maximum absolute atomic E-state index is 12.7. The van der Waals surface area contributed by atoms with Crippen LogP contribution in [0.15, 0.2) is 40.8 Å². The average Bonchev–Trinajstić information content (AvgIpc) is 3.49. The van der Waals surface area contributed by atoms with E-state index >= 15 is 0 Å². The summed E-state index contributed by atoms with van der Waals surface area (Å²) in [5.74, 6) is -0.518. The number of imide groups is 1. The largest absolute Gasteiger partial charge is 0.299 e. The number of carbonyl (C=O) groups excluding carboxylic acids is 3. The highest BCUT2D eigenvalue weighted by molar-refractivity contribution is 8.00. The van der Waals surface area contributed by atoms with E-state index in [0.29, 0.717) is 20.2 Å². The highest BCUT2D eigenvalue weighted by Crippen LogP contribution is 2.52. The molecule has 5 rings (SSSR count). The lowest BCUT2D eigenvalue weighted by Gasteiger charge is -2.16. The molecule has 1 saturated heterocycles. The third-order valence-corrected chi connectivity index (χ3v) is 8.09. The zero-order chi connectivity index (χ0) is 20.8. The number of rotatable bonds is 6. The number of nitrogens with one attached hydrogen (secondary N) is 1. The second-order valence-corrected chi connectivity index (χ2v) is 10.2. The van der Waals surface area contributed by atoms with E-state index in [2.05, 4.69) is 15.5 Å². The number of thioether (sulfide) groups is 1. The Morgan fingerprint density at radius 2 is 1.80 bits per heavy atom. The molecule has 2 heterocycles. The van der Waals surface area contributed by atoms with Crippen molar-refractivity contribution < 1.29 is 14.4 Å². The number of nitrogens with zero attached hydrogens (tertiary/aromatic N) is 3. The SMILES string of the molecule is O=C(CN1C(=O)C2C3C=CC(C3)C2C1=O)Nc1nnc(SCc2ccc(Cl)cc2)s1. The number of amides is 3. The summed E-state index contributed by atoms with van der Waals surface area (Å²) in [6.45, 7) is -0.281. The standard InChI is InChI=1S/C20H17ClN4O3S2/c21-13-5-1-10(2-6-13)9-29-20-24-23-19(30-20)22-14(26)8-25-17(27)15-11-3-4-12(7-11)16(15)18(25)28/h1-6,11-12,15-16H,7-9H2,(H,22,23,26). The first kappa shape index (κ1) is 19.7. The number of anilines is 1. The van der Waals surface area contributed by atoms with Gasteiger partial charge in [-0.25, -0.2) is 0 Å². The van der Waals surface area contributed by atoms with Crippen LogP contribution in [0.4, 0.5) is 5.13 Å². The lowest BCUT2D eigenvalue weighted by Crippen LogP contribution is -2.39. The van der Waals surface area contributed by atoms with Crippen molar-refractivity contribution in [1.82, 2.24) is 15.1 Å². The van der Waals surface area contributed by atoms with Gasteiger partial charge in [-0.2, -0.15) is 0 Å². The Morgan fingerprint density at radius 3 is 2.47 bits per heavy atom. The molecular weight excluding hydrogens is 444 g/mol. The smallest absolute Gasteiger partial charge is 0.246 e. The summed E-state index contributed by atoms with van der Waals surface area (Å²) in [7, 11) is 0. The molecule has 1 saturated carbocycles. The summed E-state index contributed by atoms with van der Waals surface area (Å²) in [5, 5.41) is 11.7. The molecule has 2 aromatic rings. The number of hydrogen-bond donors (Lipinski definition) is 1. The fourth-order valence-corrected chi connectivity index (χ4v) is 6.32. The molecule has 1 aromatic heterocycles. The van der Waals surface area contributed by atoms with E-state index in [9.17, 15) is 14.4 Å². The van der Waals surface area contributed by atoms with Gasteiger partial charge in [-0.05, 0) is 36.0 Å². The van der Waals surface area contributed by atoms with Crippen molar-refractivity contribution >= 4 is 57.6 Å². The number of allylic oxidation sites excluding steroid dienone is 2. The molecule has 0 spiro atoms. The van der Waals surface area contributed by atoms with Gasteiger partial charge in [0.2, 0.25) is 22.9 Å². The van der Waals surface area contributed by atoms with Crippen LogP contribution in [0, 0.1) is 23.7 Å². The van der Waals surface area contributed by atoms with Crippen molar-refractivity contribution in [3.05, 3.63) is 47.0 Å². The fraction of sp³-hybridized carbons (Fsp3) is 0.350. The van der Waals surface area contributed by atoms with Gasteiger partial charge in [0.25, 0.3) is 0 Å². The monoisotopic (exact) mass is 460 g/mol. The number of aromatic nitrogens is 2. The van der Waals surface area contributed by atoms with E-state index in [1.165, 1.54) is 23.1 Å².